The smallest absolute Gasteiger partial charge is 0.330 e. The Hall–Kier alpha value is -2.83. The summed E-state index contributed by atoms with van der Waals surface area (Å²) in [4.78, 5) is 14.0. The maximum atomic E-state index is 14.7. The zero-order valence-corrected chi connectivity index (χ0v) is 18.6. The molecular formula is C25H17Cl2F4NO. The first-order valence-corrected chi connectivity index (χ1v) is 10.7. The van der Waals surface area contributed by atoms with Crippen LogP contribution in [0.3, 0.4) is 0 Å². The maximum absolute atomic E-state index is 14.7. The second-order valence-corrected chi connectivity index (χ2v) is 8.54. The van der Waals surface area contributed by atoms with E-state index in [9.17, 15) is 22.4 Å². The zero-order chi connectivity index (χ0) is 23.8. The van der Waals surface area contributed by atoms with Crippen molar-refractivity contribution in [1.29, 1.82) is 0 Å². The third kappa shape index (κ3) is 5.07. The number of amides is 1. The van der Waals surface area contributed by atoms with Crippen molar-refractivity contribution in [2.24, 2.45) is 0 Å². The number of allylic oxidation sites excluding steroid dienone is 1. The van der Waals surface area contributed by atoms with Gasteiger partial charge in [-0.15, -0.1) is 0 Å². The molecule has 0 N–H and O–H groups in total. The summed E-state index contributed by atoms with van der Waals surface area (Å²) in [7, 11) is 0. The Labute approximate surface area is 198 Å². The van der Waals surface area contributed by atoms with Gasteiger partial charge in [0, 0.05) is 24.2 Å². The van der Waals surface area contributed by atoms with E-state index in [0.29, 0.717) is 12.1 Å². The van der Waals surface area contributed by atoms with Crippen LogP contribution in [0.15, 0.2) is 66.7 Å². The molecule has 2 nitrogen and oxygen atoms in total. The van der Waals surface area contributed by atoms with E-state index in [4.69, 9.17) is 23.2 Å². The average molecular weight is 494 g/mol. The molecule has 0 saturated heterocycles. The summed E-state index contributed by atoms with van der Waals surface area (Å²) in [6, 6.07) is 15.1. The first kappa shape index (κ1) is 23.3. The number of carbonyl (C=O) groups is 1. The number of carbonyl (C=O) groups excluding carboxylic acids is 1. The van der Waals surface area contributed by atoms with Crippen LogP contribution in [0.1, 0.15) is 38.5 Å². The Kier molecular flexibility index (Phi) is 6.50. The molecule has 3 aromatic carbocycles. The summed E-state index contributed by atoms with van der Waals surface area (Å²) >= 11 is 11.7. The predicted octanol–water partition coefficient (Wildman–Crippen LogP) is 7.65. The SMILES string of the molecule is O=C1c2ccccc2CN1Cc1ccc(/C=C/C(c2ccc(Cl)c(Cl)c2)C(F)(F)F)cc1F. The lowest BCUT2D eigenvalue weighted by Crippen LogP contribution is -2.23. The van der Waals surface area contributed by atoms with E-state index < -0.39 is 17.9 Å². The van der Waals surface area contributed by atoms with Crippen LogP contribution in [0.2, 0.25) is 10.0 Å². The van der Waals surface area contributed by atoms with Gasteiger partial charge in [0.15, 0.2) is 0 Å². The Morgan fingerprint density at radius 3 is 2.42 bits per heavy atom. The number of hydrogen-bond donors (Lipinski definition) is 0. The minimum Gasteiger partial charge on any atom is -0.330 e. The lowest BCUT2D eigenvalue weighted by Gasteiger charge is -2.18. The summed E-state index contributed by atoms with van der Waals surface area (Å²) in [6.45, 7) is 0.449. The van der Waals surface area contributed by atoms with Gasteiger partial charge in [0.2, 0.25) is 0 Å². The van der Waals surface area contributed by atoms with E-state index in [1.807, 2.05) is 12.1 Å². The van der Waals surface area contributed by atoms with Gasteiger partial charge in [-0.05, 0) is 41.0 Å². The Balaban J connectivity index is 1.52. The van der Waals surface area contributed by atoms with E-state index in [2.05, 4.69) is 0 Å². The van der Waals surface area contributed by atoms with Crippen molar-refractivity contribution < 1.29 is 22.4 Å². The molecule has 33 heavy (non-hydrogen) atoms. The maximum Gasteiger partial charge on any atom is 0.399 e. The van der Waals surface area contributed by atoms with Crippen molar-refractivity contribution in [3.05, 3.63) is 110 Å². The Morgan fingerprint density at radius 1 is 1.00 bits per heavy atom. The molecular weight excluding hydrogens is 477 g/mol. The van der Waals surface area contributed by atoms with Gasteiger partial charge < -0.3 is 4.90 Å². The summed E-state index contributed by atoms with van der Waals surface area (Å²) in [5, 5.41) is 0.174. The fourth-order valence-electron chi connectivity index (χ4n) is 3.77. The van der Waals surface area contributed by atoms with Crippen LogP contribution >= 0.6 is 23.2 Å². The minimum atomic E-state index is -4.57. The summed E-state index contributed by atoms with van der Waals surface area (Å²) in [5.74, 6) is -2.71. The second kappa shape index (κ2) is 9.20. The predicted molar refractivity (Wildman–Crippen MR) is 121 cm³/mol. The normalized spacial score (nSPS) is 14.7. The molecule has 1 aliphatic rings. The van der Waals surface area contributed by atoms with Crippen LogP contribution in [-0.4, -0.2) is 17.0 Å². The molecule has 1 aliphatic heterocycles. The van der Waals surface area contributed by atoms with Crippen LogP contribution in [0, 0.1) is 5.82 Å². The van der Waals surface area contributed by atoms with Crippen LogP contribution in [0.4, 0.5) is 17.6 Å². The van der Waals surface area contributed by atoms with Crippen molar-refractivity contribution in [3.8, 4) is 0 Å². The van der Waals surface area contributed by atoms with Crippen LogP contribution in [-0.2, 0) is 13.1 Å². The summed E-state index contributed by atoms with van der Waals surface area (Å²) in [6.07, 6.45) is -2.41. The zero-order valence-electron chi connectivity index (χ0n) is 17.0. The number of alkyl halides is 3. The largest absolute Gasteiger partial charge is 0.399 e. The van der Waals surface area contributed by atoms with E-state index in [-0.39, 0.29) is 39.2 Å². The van der Waals surface area contributed by atoms with E-state index in [1.54, 1.807) is 12.1 Å². The molecule has 1 heterocycles. The van der Waals surface area contributed by atoms with E-state index in [1.165, 1.54) is 41.3 Å². The van der Waals surface area contributed by atoms with Gasteiger partial charge in [-0.3, -0.25) is 4.79 Å². The highest BCUT2D eigenvalue weighted by Gasteiger charge is 2.39. The third-order valence-corrected chi connectivity index (χ3v) is 6.21. The number of halogens is 6. The van der Waals surface area contributed by atoms with E-state index in [0.717, 1.165) is 17.7 Å². The number of rotatable bonds is 5. The molecule has 1 amide bonds. The third-order valence-electron chi connectivity index (χ3n) is 5.47. The molecule has 8 heteroatoms. The lowest BCUT2D eigenvalue weighted by molar-refractivity contribution is -0.139. The van der Waals surface area contributed by atoms with Crippen LogP contribution < -0.4 is 0 Å². The second-order valence-electron chi connectivity index (χ2n) is 7.72. The van der Waals surface area contributed by atoms with Crippen molar-refractivity contribution >= 4 is 35.2 Å². The first-order valence-electron chi connectivity index (χ1n) is 9.99. The molecule has 1 unspecified atom stereocenters. The van der Waals surface area contributed by atoms with Gasteiger partial charge in [-0.2, -0.15) is 13.2 Å². The van der Waals surface area contributed by atoms with Crippen molar-refractivity contribution in [3.63, 3.8) is 0 Å². The van der Waals surface area contributed by atoms with E-state index >= 15 is 0 Å². The fourth-order valence-corrected chi connectivity index (χ4v) is 4.07. The molecule has 0 aromatic heterocycles. The topological polar surface area (TPSA) is 20.3 Å². The summed E-state index contributed by atoms with van der Waals surface area (Å²) < 4.78 is 55.6. The summed E-state index contributed by atoms with van der Waals surface area (Å²) in [5.41, 5.74) is 1.95. The molecule has 0 radical (unpaired) electrons. The molecule has 0 aliphatic carbocycles. The molecule has 0 fully saturated rings. The van der Waals surface area contributed by atoms with Gasteiger partial charge in [0.1, 0.15) is 5.82 Å². The molecule has 0 saturated carbocycles. The average Bonchev–Trinajstić information content (AvgIpc) is 3.07. The highest BCUT2D eigenvalue weighted by atomic mass is 35.5. The van der Waals surface area contributed by atoms with Crippen LogP contribution in [0.5, 0.6) is 0 Å². The first-order chi connectivity index (χ1) is 15.6. The highest BCUT2D eigenvalue weighted by molar-refractivity contribution is 6.42. The number of nitrogens with zero attached hydrogens (tertiary/aromatic N) is 1. The molecule has 170 valence electrons. The van der Waals surface area contributed by atoms with Gasteiger partial charge in [-0.1, -0.05) is 71.8 Å². The number of hydrogen-bond acceptors (Lipinski definition) is 1. The minimum absolute atomic E-state index is 0.0193. The molecule has 1 atom stereocenters. The molecule has 3 aromatic rings. The quantitative estimate of drug-likeness (QED) is 0.334. The molecule has 0 spiro atoms. The van der Waals surface area contributed by atoms with Gasteiger partial charge >= 0.3 is 6.18 Å². The van der Waals surface area contributed by atoms with Crippen molar-refractivity contribution in [2.45, 2.75) is 25.2 Å². The van der Waals surface area contributed by atoms with Gasteiger partial charge in [0.25, 0.3) is 5.91 Å². The fraction of sp³-hybridized carbons (Fsp3) is 0.160. The molecule has 0 bridgehead atoms. The lowest BCUT2D eigenvalue weighted by atomic mass is 9.97. The molecule has 4 rings (SSSR count). The van der Waals surface area contributed by atoms with Crippen molar-refractivity contribution in [2.75, 3.05) is 0 Å². The monoisotopic (exact) mass is 493 g/mol. The van der Waals surface area contributed by atoms with Gasteiger partial charge in [-0.25, -0.2) is 4.39 Å². The van der Waals surface area contributed by atoms with Gasteiger partial charge in [0.05, 0.1) is 16.0 Å². The van der Waals surface area contributed by atoms with Crippen LogP contribution in [0.25, 0.3) is 6.08 Å². The number of fused-ring (bicyclic) bond motifs is 1. The highest BCUT2D eigenvalue weighted by Crippen LogP contribution is 2.38. The Bertz CT molecular complexity index is 1240. The number of benzene rings is 3. The van der Waals surface area contributed by atoms with Crippen molar-refractivity contribution in [1.82, 2.24) is 4.90 Å². The standard InChI is InChI=1S/C25H17Cl2F4NO/c26-21-10-8-16(12-22(21)27)20(25(29,30)31)9-6-15-5-7-18(23(28)11-15)14-32-13-17-3-1-2-4-19(17)24(32)33/h1-12,20H,13-14H2/b9-6+. The Morgan fingerprint density at radius 2 is 1.76 bits per heavy atom.